The van der Waals surface area contributed by atoms with E-state index in [0.717, 1.165) is 0 Å². The van der Waals surface area contributed by atoms with Gasteiger partial charge in [0.1, 0.15) is 23.4 Å². The number of hydrogen-bond donors (Lipinski definition) is 2. The maximum atomic E-state index is 13.5. The monoisotopic (exact) mass is 492 g/mol. The minimum absolute atomic E-state index is 0.0575. The molecule has 0 aliphatic carbocycles. The van der Waals surface area contributed by atoms with Gasteiger partial charge in [0.15, 0.2) is 0 Å². The van der Waals surface area contributed by atoms with Crippen LogP contribution in [0.5, 0.6) is 5.75 Å². The fraction of sp³-hybridized carbons (Fsp3) is 0.333. The van der Waals surface area contributed by atoms with Gasteiger partial charge in [-0.05, 0) is 62.7 Å². The molecule has 1 atom stereocenters. The summed E-state index contributed by atoms with van der Waals surface area (Å²) < 4.78 is 10.7. The summed E-state index contributed by atoms with van der Waals surface area (Å²) in [5, 5.41) is 5.65. The molecule has 9 heteroatoms. The van der Waals surface area contributed by atoms with E-state index in [4.69, 9.17) is 9.15 Å². The molecular formula is C27H32N4O5. The number of furan rings is 1. The van der Waals surface area contributed by atoms with E-state index in [9.17, 15) is 14.4 Å². The quantitative estimate of drug-likeness (QED) is 0.441. The molecule has 0 bridgehead atoms. The molecule has 0 saturated carbocycles. The summed E-state index contributed by atoms with van der Waals surface area (Å²) in [5.41, 5.74) is 0.0828. The van der Waals surface area contributed by atoms with Gasteiger partial charge in [-0.2, -0.15) is 0 Å². The standard InChI is InChI=1S/C27H32N4O5/c1-27(2,3)30-26(34)25(19-10-12-20(35-4)13-11-19)31(18-21-8-7-17-36-21)24(33)15-14-23(32)29-22-9-5-6-16-28-22/h5-13,16-17,25H,14-15,18H2,1-4H3,(H,30,34)(H,28,29,32)/t25-/m1/s1. The molecule has 3 amide bonds. The Bertz CT molecular complexity index is 1140. The second kappa shape index (κ2) is 12.0. The molecule has 36 heavy (non-hydrogen) atoms. The maximum Gasteiger partial charge on any atom is 0.247 e. The summed E-state index contributed by atoms with van der Waals surface area (Å²) >= 11 is 0. The Labute approximate surface area is 210 Å². The number of pyridine rings is 1. The lowest BCUT2D eigenvalue weighted by atomic mass is 10.0. The van der Waals surface area contributed by atoms with E-state index in [1.165, 1.54) is 11.2 Å². The first-order valence-corrected chi connectivity index (χ1v) is 11.6. The molecule has 0 saturated heterocycles. The molecule has 3 rings (SSSR count). The molecule has 2 heterocycles. The van der Waals surface area contributed by atoms with Crippen LogP contribution in [-0.2, 0) is 20.9 Å². The highest BCUT2D eigenvalue weighted by Gasteiger charge is 2.34. The van der Waals surface area contributed by atoms with Gasteiger partial charge in [-0.3, -0.25) is 14.4 Å². The number of hydrogen-bond acceptors (Lipinski definition) is 6. The average Bonchev–Trinajstić information content (AvgIpc) is 3.35. The van der Waals surface area contributed by atoms with Gasteiger partial charge in [0.05, 0.1) is 19.9 Å². The van der Waals surface area contributed by atoms with Crippen LogP contribution in [0.1, 0.15) is 51.0 Å². The predicted octanol–water partition coefficient (Wildman–Crippen LogP) is 4.09. The van der Waals surface area contributed by atoms with Crippen LogP contribution >= 0.6 is 0 Å². The van der Waals surface area contributed by atoms with E-state index in [1.807, 2.05) is 20.8 Å². The smallest absolute Gasteiger partial charge is 0.247 e. The van der Waals surface area contributed by atoms with Crippen molar-refractivity contribution in [3.05, 3.63) is 78.4 Å². The van der Waals surface area contributed by atoms with Crippen LogP contribution in [0.3, 0.4) is 0 Å². The number of aromatic nitrogens is 1. The van der Waals surface area contributed by atoms with Crippen LogP contribution in [-0.4, -0.2) is 40.3 Å². The lowest BCUT2D eigenvalue weighted by Crippen LogP contribution is -2.49. The fourth-order valence-electron chi connectivity index (χ4n) is 3.60. The maximum absolute atomic E-state index is 13.5. The first kappa shape index (κ1) is 26.5. The molecule has 0 spiro atoms. The number of carbonyl (C=O) groups excluding carboxylic acids is 3. The predicted molar refractivity (Wildman–Crippen MR) is 135 cm³/mol. The molecule has 0 radical (unpaired) electrons. The number of ether oxygens (including phenoxy) is 1. The van der Waals surface area contributed by atoms with Gasteiger partial charge >= 0.3 is 0 Å². The van der Waals surface area contributed by atoms with Gasteiger partial charge in [0.25, 0.3) is 0 Å². The molecule has 0 aliphatic heterocycles. The summed E-state index contributed by atoms with van der Waals surface area (Å²) in [4.78, 5) is 45.0. The van der Waals surface area contributed by atoms with Gasteiger partial charge in [0, 0.05) is 24.6 Å². The highest BCUT2D eigenvalue weighted by molar-refractivity contribution is 5.94. The molecule has 9 nitrogen and oxygen atoms in total. The van der Waals surface area contributed by atoms with Gasteiger partial charge in [-0.15, -0.1) is 0 Å². The van der Waals surface area contributed by atoms with Crippen LogP contribution in [0.2, 0.25) is 0 Å². The number of carbonyl (C=O) groups is 3. The second-order valence-electron chi connectivity index (χ2n) is 9.28. The summed E-state index contributed by atoms with van der Waals surface area (Å²) in [7, 11) is 1.56. The third-order valence-electron chi connectivity index (χ3n) is 5.21. The Kier molecular flexibility index (Phi) is 8.83. The first-order valence-electron chi connectivity index (χ1n) is 11.6. The van der Waals surface area contributed by atoms with Crippen molar-refractivity contribution < 1.29 is 23.5 Å². The van der Waals surface area contributed by atoms with E-state index < -0.39 is 11.6 Å². The Morgan fingerprint density at radius 1 is 1.03 bits per heavy atom. The molecule has 0 unspecified atom stereocenters. The van der Waals surface area contributed by atoms with Crippen molar-refractivity contribution in [2.45, 2.75) is 51.7 Å². The van der Waals surface area contributed by atoms with E-state index in [2.05, 4.69) is 15.6 Å². The van der Waals surface area contributed by atoms with Crippen LogP contribution in [0, 0.1) is 0 Å². The van der Waals surface area contributed by atoms with E-state index in [-0.39, 0.29) is 37.1 Å². The normalized spacial score (nSPS) is 11.9. The number of nitrogens with one attached hydrogen (secondary N) is 2. The summed E-state index contributed by atoms with van der Waals surface area (Å²) in [6, 6.07) is 14.6. The number of amides is 3. The van der Waals surface area contributed by atoms with Crippen LogP contribution < -0.4 is 15.4 Å². The van der Waals surface area contributed by atoms with Gasteiger partial charge in [0.2, 0.25) is 17.7 Å². The zero-order valence-electron chi connectivity index (χ0n) is 21.0. The number of benzene rings is 1. The lowest BCUT2D eigenvalue weighted by Gasteiger charge is -2.33. The molecule has 3 aromatic rings. The molecule has 190 valence electrons. The van der Waals surface area contributed by atoms with Crippen molar-refractivity contribution in [2.24, 2.45) is 0 Å². The Morgan fingerprint density at radius 2 is 1.78 bits per heavy atom. The topological polar surface area (TPSA) is 114 Å². The van der Waals surface area contributed by atoms with Crippen LogP contribution in [0.25, 0.3) is 0 Å². The van der Waals surface area contributed by atoms with Gasteiger partial charge < -0.3 is 24.7 Å². The van der Waals surface area contributed by atoms with Gasteiger partial charge in [-0.1, -0.05) is 18.2 Å². The average molecular weight is 493 g/mol. The zero-order valence-corrected chi connectivity index (χ0v) is 21.0. The number of anilines is 1. The first-order chi connectivity index (χ1) is 17.2. The van der Waals surface area contributed by atoms with Crippen molar-refractivity contribution in [1.82, 2.24) is 15.2 Å². The van der Waals surface area contributed by atoms with Gasteiger partial charge in [-0.25, -0.2) is 4.98 Å². The van der Waals surface area contributed by atoms with Crippen LogP contribution in [0.15, 0.2) is 71.5 Å². The molecule has 0 fully saturated rings. The summed E-state index contributed by atoms with van der Waals surface area (Å²) in [6.07, 6.45) is 2.91. The number of rotatable bonds is 10. The highest BCUT2D eigenvalue weighted by atomic mass is 16.5. The zero-order chi connectivity index (χ0) is 26.1. The van der Waals surface area contributed by atoms with Crippen molar-refractivity contribution in [3.8, 4) is 5.75 Å². The van der Waals surface area contributed by atoms with Crippen molar-refractivity contribution >= 4 is 23.5 Å². The molecule has 0 aliphatic rings. The highest BCUT2D eigenvalue weighted by Crippen LogP contribution is 2.27. The summed E-state index contributed by atoms with van der Waals surface area (Å²) in [6.45, 7) is 5.67. The molecule has 1 aromatic carbocycles. The Balaban J connectivity index is 1.87. The SMILES string of the molecule is COc1ccc([C@H](C(=O)NC(C)(C)C)N(Cc2ccco2)C(=O)CCC(=O)Nc2ccccn2)cc1. The Hall–Kier alpha value is -4.14. The third kappa shape index (κ3) is 7.69. The van der Waals surface area contributed by atoms with Crippen molar-refractivity contribution in [1.29, 1.82) is 0 Å². The number of nitrogens with zero attached hydrogens (tertiary/aromatic N) is 2. The minimum Gasteiger partial charge on any atom is -0.497 e. The van der Waals surface area contributed by atoms with Crippen molar-refractivity contribution in [2.75, 3.05) is 12.4 Å². The lowest BCUT2D eigenvalue weighted by molar-refractivity contribution is -0.143. The summed E-state index contributed by atoms with van der Waals surface area (Å²) in [5.74, 6) is 0.494. The molecule has 2 aromatic heterocycles. The van der Waals surface area contributed by atoms with E-state index in [1.54, 1.807) is 67.9 Å². The Morgan fingerprint density at radius 3 is 2.36 bits per heavy atom. The second-order valence-corrected chi connectivity index (χ2v) is 9.28. The number of methoxy groups -OCH3 is 1. The fourth-order valence-corrected chi connectivity index (χ4v) is 3.60. The van der Waals surface area contributed by atoms with Crippen LogP contribution in [0.4, 0.5) is 5.82 Å². The molecule has 2 N–H and O–H groups in total. The molecular weight excluding hydrogens is 460 g/mol. The third-order valence-corrected chi connectivity index (χ3v) is 5.21. The van der Waals surface area contributed by atoms with E-state index in [0.29, 0.717) is 22.9 Å². The van der Waals surface area contributed by atoms with E-state index >= 15 is 0 Å². The van der Waals surface area contributed by atoms with Crippen molar-refractivity contribution in [3.63, 3.8) is 0 Å². The largest absolute Gasteiger partial charge is 0.497 e. The minimum atomic E-state index is -0.952.